The number of alkyl halides is 3. The fraction of sp³-hybridized carbons (Fsp3) is 0.0833. The number of nitrogens with two attached hydrogens (primary N) is 1. The van der Waals surface area contributed by atoms with Crippen LogP contribution in [-0.4, -0.2) is 11.1 Å². The van der Waals surface area contributed by atoms with Crippen LogP contribution in [0.1, 0.15) is 15.2 Å². The van der Waals surface area contributed by atoms with Gasteiger partial charge in [0.1, 0.15) is 10.7 Å². The van der Waals surface area contributed by atoms with Crippen LogP contribution < -0.4 is 5.73 Å². The molecule has 2 rings (SSSR count). The van der Waals surface area contributed by atoms with Crippen molar-refractivity contribution >= 4 is 23.0 Å². The number of carboxylic acid groups (broad SMARTS) is 1. The Morgan fingerprint density at radius 2 is 1.95 bits per heavy atom. The standard InChI is InChI=1S/C12H7F4NO2S/c13-9-5(2-1-3-6(9)12(14,15)16)8-4-7(17)10(20-8)11(18)19/h1-4H,17H2,(H,18,19). The maximum atomic E-state index is 13.9. The second kappa shape index (κ2) is 4.78. The maximum Gasteiger partial charge on any atom is 0.419 e. The van der Waals surface area contributed by atoms with Gasteiger partial charge in [-0.3, -0.25) is 0 Å². The van der Waals surface area contributed by atoms with Gasteiger partial charge in [0.25, 0.3) is 0 Å². The van der Waals surface area contributed by atoms with Crippen LogP contribution in [0.5, 0.6) is 0 Å². The fourth-order valence-corrected chi connectivity index (χ4v) is 2.58. The number of carbonyl (C=O) groups is 1. The van der Waals surface area contributed by atoms with E-state index in [-0.39, 0.29) is 21.0 Å². The number of rotatable bonds is 2. The summed E-state index contributed by atoms with van der Waals surface area (Å²) in [6.07, 6.45) is -4.82. The van der Waals surface area contributed by atoms with Crippen LogP contribution in [0, 0.1) is 5.82 Å². The second-order valence-electron chi connectivity index (χ2n) is 3.87. The van der Waals surface area contributed by atoms with Crippen molar-refractivity contribution in [2.24, 2.45) is 0 Å². The summed E-state index contributed by atoms with van der Waals surface area (Å²) in [6, 6.07) is 3.96. The molecule has 0 saturated carbocycles. The molecule has 3 nitrogen and oxygen atoms in total. The first-order valence-corrected chi connectivity index (χ1v) is 6.02. The molecule has 0 unspecified atom stereocenters. The first-order valence-electron chi connectivity index (χ1n) is 5.20. The zero-order valence-corrected chi connectivity index (χ0v) is 10.5. The summed E-state index contributed by atoms with van der Waals surface area (Å²) in [5, 5.41) is 8.84. The number of nitrogen functional groups attached to an aromatic ring is 1. The van der Waals surface area contributed by atoms with Crippen LogP contribution in [0.2, 0.25) is 0 Å². The molecule has 0 saturated heterocycles. The molecule has 0 aliphatic carbocycles. The monoisotopic (exact) mass is 305 g/mol. The first-order chi connectivity index (χ1) is 9.21. The number of hydrogen-bond acceptors (Lipinski definition) is 3. The van der Waals surface area contributed by atoms with Gasteiger partial charge in [-0.25, -0.2) is 9.18 Å². The topological polar surface area (TPSA) is 63.3 Å². The SMILES string of the molecule is Nc1cc(-c2cccc(C(F)(F)F)c2F)sc1C(=O)O. The normalized spacial score (nSPS) is 11.6. The van der Waals surface area contributed by atoms with Crippen molar-refractivity contribution in [3.8, 4) is 10.4 Å². The molecule has 0 fully saturated rings. The smallest absolute Gasteiger partial charge is 0.419 e. The van der Waals surface area contributed by atoms with E-state index in [1.54, 1.807) is 0 Å². The summed E-state index contributed by atoms with van der Waals surface area (Å²) < 4.78 is 51.7. The van der Waals surface area contributed by atoms with Crippen molar-refractivity contribution in [1.29, 1.82) is 0 Å². The Kier molecular flexibility index (Phi) is 3.43. The largest absolute Gasteiger partial charge is 0.477 e. The van der Waals surface area contributed by atoms with Gasteiger partial charge in [0.15, 0.2) is 0 Å². The van der Waals surface area contributed by atoms with Gasteiger partial charge < -0.3 is 10.8 Å². The minimum atomic E-state index is -4.82. The molecule has 1 heterocycles. The van der Waals surface area contributed by atoms with Gasteiger partial charge in [0.05, 0.1) is 11.3 Å². The molecular formula is C12H7F4NO2S. The molecule has 2 aromatic rings. The number of anilines is 1. The van der Waals surface area contributed by atoms with E-state index in [1.807, 2.05) is 0 Å². The van der Waals surface area contributed by atoms with Crippen LogP contribution in [0.15, 0.2) is 24.3 Å². The van der Waals surface area contributed by atoms with E-state index < -0.39 is 23.5 Å². The van der Waals surface area contributed by atoms with Crippen molar-refractivity contribution in [3.05, 3.63) is 40.5 Å². The lowest BCUT2D eigenvalue weighted by Gasteiger charge is -2.10. The number of aromatic carboxylic acids is 1. The van der Waals surface area contributed by atoms with E-state index in [9.17, 15) is 22.4 Å². The summed E-state index contributed by atoms with van der Waals surface area (Å²) in [5.41, 5.74) is 3.59. The number of halogens is 4. The molecule has 8 heteroatoms. The molecule has 20 heavy (non-hydrogen) atoms. The van der Waals surface area contributed by atoms with Crippen LogP contribution in [0.3, 0.4) is 0 Å². The zero-order valence-electron chi connectivity index (χ0n) is 9.66. The van der Waals surface area contributed by atoms with Crippen molar-refractivity contribution in [2.45, 2.75) is 6.18 Å². The molecule has 0 aliphatic heterocycles. The predicted molar refractivity (Wildman–Crippen MR) is 66.1 cm³/mol. The summed E-state index contributed by atoms with van der Waals surface area (Å²) >= 11 is 0.622. The average Bonchev–Trinajstić information content (AvgIpc) is 2.70. The molecule has 0 amide bonds. The third-order valence-corrected chi connectivity index (χ3v) is 3.70. The van der Waals surface area contributed by atoms with E-state index in [0.717, 1.165) is 18.2 Å². The molecule has 0 aliphatic rings. The lowest BCUT2D eigenvalue weighted by Crippen LogP contribution is -2.08. The fourth-order valence-electron chi connectivity index (χ4n) is 1.65. The number of thiophene rings is 1. The molecular weight excluding hydrogens is 298 g/mol. The van der Waals surface area contributed by atoms with Gasteiger partial charge in [-0.2, -0.15) is 13.2 Å². The highest BCUT2D eigenvalue weighted by Gasteiger charge is 2.35. The van der Waals surface area contributed by atoms with E-state index in [4.69, 9.17) is 10.8 Å². The summed E-state index contributed by atoms with van der Waals surface area (Å²) in [7, 11) is 0. The van der Waals surface area contributed by atoms with Gasteiger partial charge in [-0.05, 0) is 12.1 Å². The van der Waals surface area contributed by atoms with Crippen molar-refractivity contribution in [2.75, 3.05) is 5.73 Å². The molecule has 1 aromatic heterocycles. The minimum Gasteiger partial charge on any atom is -0.477 e. The molecule has 0 bridgehead atoms. The van der Waals surface area contributed by atoms with Crippen LogP contribution >= 0.6 is 11.3 Å². The summed E-state index contributed by atoms with van der Waals surface area (Å²) in [6.45, 7) is 0. The Labute approximate surface area is 114 Å². The Bertz CT molecular complexity index is 679. The average molecular weight is 305 g/mol. The van der Waals surface area contributed by atoms with E-state index in [2.05, 4.69) is 0 Å². The summed E-state index contributed by atoms with van der Waals surface area (Å²) in [5.74, 6) is -2.76. The Balaban J connectivity index is 2.60. The minimum absolute atomic E-state index is 0.0310. The second-order valence-corrected chi connectivity index (χ2v) is 4.92. The summed E-state index contributed by atoms with van der Waals surface area (Å²) in [4.78, 5) is 10.6. The highest BCUT2D eigenvalue weighted by atomic mass is 32.1. The van der Waals surface area contributed by atoms with Crippen LogP contribution in [0.25, 0.3) is 10.4 Å². The number of benzene rings is 1. The van der Waals surface area contributed by atoms with Crippen molar-refractivity contribution in [3.63, 3.8) is 0 Å². The maximum absolute atomic E-state index is 13.9. The molecule has 106 valence electrons. The molecule has 0 radical (unpaired) electrons. The van der Waals surface area contributed by atoms with Gasteiger partial charge in [0.2, 0.25) is 0 Å². The number of carboxylic acids is 1. The quantitative estimate of drug-likeness (QED) is 0.828. The van der Waals surface area contributed by atoms with Gasteiger partial charge in [0, 0.05) is 10.4 Å². The number of hydrogen-bond donors (Lipinski definition) is 2. The third kappa shape index (κ3) is 2.46. The molecule has 0 spiro atoms. The molecule has 0 atom stereocenters. The van der Waals surface area contributed by atoms with E-state index in [0.29, 0.717) is 17.4 Å². The zero-order chi connectivity index (χ0) is 15.1. The lowest BCUT2D eigenvalue weighted by molar-refractivity contribution is -0.139. The van der Waals surface area contributed by atoms with E-state index in [1.165, 1.54) is 0 Å². The van der Waals surface area contributed by atoms with Crippen LogP contribution in [0.4, 0.5) is 23.2 Å². The van der Waals surface area contributed by atoms with Crippen molar-refractivity contribution in [1.82, 2.24) is 0 Å². The van der Waals surface area contributed by atoms with E-state index >= 15 is 0 Å². The Morgan fingerprint density at radius 3 is 2.45 bits per heavy atom. The first kappa shape index (κ1) is 14.3. The van der Waals surface area contributed by atoms with Crippen molar-refractivity contribution < 1.29 is 27.5 Å². The van der Waals surface area contributed by atoms with Crippen LogP contribution in [-0.2, 0) is 6.18 Å². The highest BCUT2D eigenvalue weighted by molar-refractivity contribution is 7.17. The van der Waals surface area contributed by atoms with Gasteiger partial charge in [-0.1, -0.05) is 12.1 Å². The van der Waals surface area contributed by atoms with Gasteiger partial charge in [-0.15, -0.1) is 11.3 Å². The lowest BCUT2D eigenvalue weighted by atomic mass is 10.1. The molecule has 1 aromatic carbocycles. The Morgan fingerprint density at radius 1 is 1.30 bits per heavy atom. The molecule has 3 N–H and O–H groups in total. The third-order valence-electron chi connectivity index (χ3n) is 2.52. The highest BCUT2D eigenvalue weighted by Crippen LogP contribution is 2.39. The Hall–Kier alpha value is -2.09. The van der Waals surface area contributed by atoms with Gasteiger partial charge >= 0.3 is 12.1 Å². The predicted octanol–water partition coefficient (Wildman–Crippen LogP) is 3.85.